The summed E-state index contributed by atoms with van der Waals surface area (Å²) in [5.41, 5.74) is 2.10. The quantitative estimate of drug-likeness (QED) is 0.866. The number of fused-ring (bicyclic) bond motifs is 3. The van der Waals surface area contributed by atoms with Crippen LogP contribution < -0.4 is 0 Å². The van der Waals surface area contributed by atoms with Gasteiger partial charge in [0.25, 0.3) is 0 Å². The van der Waals surface area contributed by atoms with E-state index in [1.807, 2.05) is 4.40 Å². The van der Waals surface area contributed by atoms with E-state index in [9.17, 15) is 4.79 Å². The molecule has 0 bridgehead atoms. The van der Waals surface area contributed by atoms with Gasteiger partial charge < -0.3 is 5.11 Å². The molecule has 0 radical (unpaired) electrons. The summed E-state index contributed by atoms with van der Waals surface area (Å²) < 4.78 is 2.05. The van der Waals surface area contributed by atoms with Crippen LogP contribution in [-0.4, -0.2) is 20.5 Å². The van der Waals surface area contributed by atoms with Gasteiger partial charge >= 0.3 is 5.97 Å². The molecule has 1 aliphatic rings. The number of thiazole rings is 1. The van der Waals surface area contributed by atoms with Gasteiger partial charge in [-0.15, -0.1) is 11.3 Å². The second-order valence-electron chi connectivity index (χ2n) is 4.12. The van der Waals surface area contributed by atoms with E-state index in [-0.39, 0.29) is 6.42 Å². The highest BCUT2D eigenvalue weighted by Gasteiger charge is 2.19. The van der Waals surface area contributed by atoms with Crippen LogP contribution in [-0.2, 0) is 24.1 Å². The third kappa shape index (κ3) is 1.43. The molecule has 16 heavy (non-hydrogen) atoms. The zero-order chi connectivity index (χ0) is 11.1. The summed E-state index contributed by atoms with van der Waals surface area (Å²) in [5, 5.41) is 8.85. The van der Waals surface area contributed by atoms with Crippen molar-refractivity contribution in [2.24, 2.45) is 0 Å². The van der Waals surface area contributed by atoms with Crippen molar-refractivity contribution in [3.8, 4) is 0 Å². The number of hydrogen-bond donors (Lipinski definition) is 1. The van der Waals surface area contributed by atoms with E-state index >= 15 is 0 Å². The van der Waals surface area contributed by atoms with Gasteiger partial charge in [0.2, 0.25) is 0 Å². The lowest BCUT2D eigenvalue weighted by Gasteiger charge is -2.11. The summed E-state index contributed by atoms with van der Waals surface area (Å²) in [6.45, 7) is 0. The second-order valence-corrected chi connectivity index (χ2v) is 5.18. The third-order valence-corrected chi connectivity index (χ3v) is 4.17. The van der Waals surface area contributed by atoms with E-state index < -0.39 is 5.97 Å². The maximum atomic E-state index is 10.8. The molecule has 84 valence electrons. The predicted octanol–water partition coefficient (Wildman–Crippen LogP) is 1.90. The van der Waals surface area contributed by atoms with Crippen molar-refractivity contribution in [2.75, 3.05) is 0 Å². The van der Waals surface area contributed by atoms with E-state index in [2.05, 4.69) is 4.98 Å². The second kappa shape index (κ2) is 3.59. The molecule has 2 aromatic heterocycles. The number of aryl methyl sites for hydroxylation is 2. The number of aromatic nitrogens is 2. The summed E-state index contributed by atoms with van der Waals surface area (Å²) in [4.78, 5) is 17.4. The SMILES string of the molecule is O=C(O)Cc1cnc2sc3c(n12)CCCC3. The molecule has 0 aromatic carbocycles. The molecule has 1 aliphatic carbocycles. The molecule has 0 saturated carbocycles. The molecule has 0 saturated heterocycles. The Morgan fingerprint density at radius 3 is 3.12 bits per heavy atom. The van der Waals surface area contributed by atoms with Crippen LogP contribution in [0.2, 0.25) is 0 Å². The van der Waals surface area contributed by atoms with Crippen LogP contribution in [0.25, 0.3) is 4.96 Å². The number of carboxylic acid groups (broad SMARTS) is 1. The van der Waals surface area contributed by atoms with Crippen molar-refractivity contribution in [3.05, 3.63) is 22.5 Å². The Labute approximate surface area is 96.5 Å². The van der Waals surface area contributed by atoms with Gasteiger partial charge in [0.05, 0.1) is 18.3 Å². The maximum Gasteiger partial charge on any atom is 0.309 e. The molecule has 1 N–H and O–H groups in total. The Kier molecular flexibility index (Phi) is 2.21. The van der Waals surface area contributed by atoms with E-state index in [0.29, 0.717) is 0 Å². The first-order chi connectivity index (χ1) is 7.75. The molecule has 5 heteroatoms. The number of hydrogen-bond acceptors (Lipinski definition) is 3. The van der Waals surface area contributed by atoms with Crippen molar-refractivity contribution in [1.29, 1.82) is 0 Å². The standard InChI is InChI=1S/C11H12N2O2S/c14-10(15)5-7-6-12-11-13(7)8-3-1-2-4-9(8)16-11/h6H,1-5H2,(H,14,15). The molecule has 2 aromatic rings. The molecular weight excluding hydrogens is 224 g/mol. The predicted molar refractivity (Wildman–Crippen MR) is 61.1 cm³/mol. The van der Waals surface area contributed by atoms with Crippen LogP contribution in [0.5, 0.6) is 0 Å². The topological polar surface area (TPSA) is 54.6 Å². The fraction of sp³-hybridized carbons (Fsp3) is 0.455. The van der Waals surface area contributed by atoms with Crippen LogP contribution in [0.3, 0.4) is 0 Å². The van der Waals surface area contributed by atoms with Crippen LogP contribution >= 0.6 is 11.3 Å². The van der Waals surface area contributed by atoms with Crippen molar-refractivity contribution in [3.63, 3.8) is 0 Å². The van der Waals surface area contributed by atoms with Gasteiger partial charge in [-0.2, -0.15) is 0 Å². The number of nitrogens with zero attached hydrogens (tertiary/aromatic N) is 2. The lowest BCUT2D eigenvalue weighted by molar-refractivity contribution is -0.136. The lowest BCUT2D eigenvalue weighted by atomic mass is 10.0. The molecule has 0 spiro atoms. The van der Waals surface area contributed by atoms with Crippen molar-refractivity contribution in [1.82, 2.24) is 9.38 Å². The van der Waals surface area contributed by atoms with Crippen LogP contribution in [0.1, 0.15) is 29.1 Å². The van der Waals surface area contributed by atoms with Crippen LogP contribution in [0.4, 0.5) is 0 Å². The van der Waals surface area contributed by atoms with Gasteiger partial charge in [0.1, 0.15) is 0 Å². The number of carbonyl (C=O) groups is 1. The molecule has 0 amide bonds. The number of rotatable bonds is 2. The monoisotopic (exact) mass is 236 g/mol. The van der Waals surface area contributed by atoms with Crippen LogP contribution in [0.15, 0.2) is 6.20 Å². The smallest absolute Gasteiger partial charge is 0.309 e. The highest BCUT2D eigenvalue weighted by atomic mass is 32.1. The first-order valence-electron chi connectivity index (χ1n) is 5.44. The molecule has 3 rings (SSSR count). The van der Waals surface area contributed by atoms with Crippen molar-refractivity contribution in [2.45, 2.75) is 32.1 Å². The van der Waals surface area contributed by atoms with Crippen molar-refractivity contribution < 1.29 is 9.90 Å². The summed E-state index contributed by atoms with van der Waals surface area (Å²) in [7, 11) is 0. The Morgan fingerprint density at radius 2 is 2.31 bits per heavy atom. The Hall–Kier alpha value is -1.36. The number of imidazole rings is 1. The summed E-state index contributed by atoms with van der Waals surface area (Å²) >= 11 is 1.71. The molecule has 0 unspecified atom stereocenters. The maximum absolute atomic E-state index is 10.8. The normalized spacial score (nSPS) is 15.2. The molecule has 0 aliphatic heterocycles. The minimum atomic E-state index is -0.794. The fourth-order valence-corrected chi connectivity index (χ4v) is 3.53. The van der Waals surface area contributed by atoms with Gasteiger partial charge in [-0.25, -0.2) is 4.98 Å². The largest absolute Gasteiger partial charge is 0.481 e. The number of carboxylic acids is 1. The minimum Gasteiger partial charge on any atom is -0.481 e. The fourth-order valence-electron chi connectivity index (χ4n) is 2.33. The Morgan fingerprint density at radius 1 is 1.50 bits per heavy atom. The molecule has 0 fully saturated rings. The third-order valence-electron chi connectivity index (χ3n) is 3.01. The number of aliphatic carboxylic acids is 1. The van der Waals surface area contributed by atoms with Gasteiger partial charge in [-0.05, 0) is 25.7 Å². The van der Waals surface area contributed by atoms with Gasteiger partial charge in [-0.3, -0.25) is 9.20 Å². The zero-order valence-electron chi connectivity index (χ0n) is 8.77. The molecule has 2 heterocycles. The first kappa shape index (κ1) is 9.84. The molecular formula is C11H12N2O2S. The first-order valence-corrected chi connectivity index (χ1v) is 6.26. The highest BCUT2D eigenvalue weighted by molar-refractivity contribution is 7.17. The zero-order valence-corrected chi connectivity index (χ0v) is 9.59. The summed E-state index contributed by atoms with van der Waals surface area (Å²) in [6, 6.07) is 0. The van der Waals surface area contributed by atoms with Gasteiger partial charge in [-0.1, -0.05) is 0 Å². The lowest BCUT2D eigenvalue weighted by Crippen LogP contribution is -2.07. The van der Waals surface area contributed by atoms with E-state index in [1.165, 1.54) is 23.4 Å². The Bertz CT molecular complexity index is 556. The van der Waals surface area contributed by atoms with E-state index in [0.717, 1.165) is 23.5 Å². The molecule has 0 atom stereocenters. The minimum absolute atomic E-state index is 0.0599. The average molecular weight is 236 g/mol. The van der Waals surface area contributed by atoms with Gasteiger partial charge in [0, 0.05) is 10.6 Å². The average Bonchev–Trinajstić information content (AvgIpc) is 2.77. The van der Waals surface area contributed by atoms with E-state index in [4.69, 9.17) is 5.11 Å². The van der Waals surface area contributed by atoms with Gasteiger partial charge in [0.15, 0.2) is 4.96 Å². The highest BCUT2D eigenvalue weighted by Crippen LogP contribution is 2.30. The Balaban J connectivity index is 2.16. The summed E-state index contributed by atoms with van der Waals surface area (Å²) in [5.74, 6) is -0.794. The van der Waals surface area contributed by atoms with Crippen molar-refractivity contribution >= 4 is 22.3 Å². The molecule has 4 nitrogen and oxygen atoms in total. The summed E-state index contributed by atoms with van der Waals surface area (Å²) in [6.07, 6.45) is 6.36. The van der Waals surface area contributed by atoms with E-state index in [1.54, 1.807) is 17.5 Å². The van der Waals surface area contributed by atoms with Crippen LogP contribution in [0, 0.1) is 0 Å².